The third kappa shape index (κ3) is 3.78. The summed E-state index contributed by atoms with van der Waals surface area (Å²) in [5.41, 5.74) is 6.49. The van der Waals surface area contributed by atoms with Gasteiger partial charge in [-0.1, -0.05) is 13.8 Å². The van der Waals surface area contributed by atoms with Gasteiger partial charge in [-0.25, -0.2) is 0 Å². The molecule has 1 fully saturated rings. The van der Waals surface area contributed by atoms with Gasteiger partial charge in [0.25, 0.3) is 0 Å². The number of hydrogen-bond donors (Lipinski definition) is 2. The number of nitrogens with two attached hydrogens (primary N) is 1. The summed E-state index contributed by atoms with van der Waals surface area (Å²) in [4.78, 5) is 4.49. The molecule has 1 aliphatic carbocycles. The third-order valence-corrected chi connectivity index (χ3v) is 4.19. The summed E-state index contributed by atoms with van der Waals surface area (Å²) in [6.07, 6.45) is 3.77. The predicted octanol–water partition coefficient (Wildman–Crippen LogP) is 3.69. The summed E-state index contributed by atoms with van der Waals surface area (Å²) >= 11 is 0. The van der Waals surface area contributed by atoms with Crippen molar-refractivity contribution in [1.29, 1.82) is 0 Å². The number of hydrogen-bond acceptors (Lipinski definition) is 4. The van der Waals surface area contributed by atoms with Crippen molar-refractivity contribution in [3.8, 4) is 5.88 Å². The Labute approximate surface area is 122 Å². The molecular weight excluding hydrogens is 250 g/mol. The van der Waals surface area contributed by atoms with Gasteiger partial charge in [-0.3, -0.25) is 0 Å². The molecule has 0 aromatic carbocycles. The SMILES string of the molecule is CC(C)Oc1nc(NC2CCC(C)C(C)C2)ccc1N. The number of aromatic nitrogens is 1. The van der Waals surface area contributed by atoms with Crippen molar-refractivity contribution in [3.05, 3.63) is 12.1 Å². The minimum atomic E-state index is 0.0793. The Kier molecular flexibility index (Phi) is 4.73. The molecule has 0 saturated heterocycles. The Hall–Kier alpha value is -1.45. The first-order valence-electron chi connectivity index (χ1n) is 7.65. The summed E-state index contributed by atoms with van der Waals surface area (Å²) in [5, 5.41) is 3.53. The average molecular weight is 277 g/mol. The van der Waals surface area contributed by atoms with Gasteiger partial charge >= 0.3 is 0 Å². The van der Waals surface area contributed by atoms with Gasteiger partial charge in [0, 0.05) is 6.04 Å². The molecule has 2 rings (SSSR count). The zero-order valence-electron chi connectivity index (χ0n) is 13.0. The molecular formula is C16H27N3O. The van der Waals surface area contributed by atoms with E-state index in [2.05, 4.69) is 24.1 Å². The molecule has 20 heavy (non-hydrogen) atoms. The van der Waals surface area contributed by atoms with Gasteiger partial charge in [-0.2, -0.15) is 4.98 Å². The van der Waals surface area contributed by atoms with Crippen molar-refractivity contribution in [2.24, 2.45) is 11.8 Å². The normalized spacial score (nSPS) is 26.6. The fraction of sp³-hybridized carbons (Fsp3) is 0.688. The maximum absolute atomic E-state index is 5.90. The van der Waals surface area contributed by atoms with Crippen LogP contribution in [-0.2, 0) is 0 Å². The van der Waals surface area contributed by atoms with Crippen LogP contribution in [0.15, 0.2) is 12.1 Å². The van der Waals surface area contributed by atoms with Crippen LogP contribution in [0.25, 0.3) is 0 Å². The van der Waals surface area contributed by atoms with Crippen molar-refractivity contribution < 1.29 is 4.74 Å². The van der Waals surface area contributed by atoms with Crippen LogP contribution in [0.3, 0.4) is 0 Å². The van der Waals surface area contributed by atoms with Crippen LogP contribution in [0.4, 0.5) is 11.5 Å². The van der Waals surface area contributed by atoms with E-state index in [1.807, 2.05) is 26.0 Å². The monoisotopic (exact) mass is 277 g/mol. The Morgan fingerprint density at radius 1 is 1.25 bits per heavy atom. The van der Waals surface area contributed by atoms with Gasteiger partial charge in [0.15, 0.2) is 0 Å². The number of pyridine rings is 1. The zero-order chi connectivity index (χ0) is 14.7. The molecule has 4 nitrogen and oxygen atoms in total. The van der Waals surface area contributed by atoms with E-state index in [9.17, 15) is 0 Å². The first-order valence-corrected chi connectivity index (χ1v) is 7.65. The number of nitrogens with zero attached hydrogens (tertiary/aromatic N) is 1. The predicted molar refractivity (Wildman–Crippen MR) is 84.0 cm³/mol. The van der Waals surface area contributed by atoms with E-state index in [0.717, 1.165) is 17.7 Å². The number of rotatable bonds is 4. The Morgan fingerprint density at radius 2 is 2.00 bits per heavy atom. The quantitative estimate of drug-likeness (QED) is 0.881. The van der Waals surface area contributed by atoms with Crippen LogP contribution >= 0.6 is 0 Å². The van der Waals surface area contributed by atoms with E-state index in [-0.39, 0.29) is 6.10 Å². The fourth-order valence-electron chi connectivity index (χ4n) is 2.74. The summed E-state index contributed by atoms with van der Waals surface area (Å²) < 4.78 is 5.64. The van der Waals surface area contributed by atoms with E-state index >= 15 is 0 Å². The highest BCUT2D eigenvalue weighted by Crippen LogP contribution is 2.31. The lowest BCUT2D eigenvalue weighted by Gasteiger charge is -2.32. The molecule has 112 valence electrons. The molecule has 1 aromatic rings. The highest BCUT2D eigenvalue weighted by molar-refractivity contribution is 5.54. The first-order chi connectivity index (χ1) is 9.45. The summed E-state index contributed by atoms with van der Waals surface area (Å²) in [7, 11) is 0. The first kappa shape index (κ1) is 14.9. The molecule has 3 unspecified atom stereocenters. The molecule has 1 aliphatic rings. The van der Waals surface area contributed by atoms with E-state index in [0.29, 0.717) is 17.6 Å². The van der Waals surface area contributed by atoms with E-state index in [1.54, 1.807) is 0 Å². The molecule has 0 bridgehead atoms. The number of nitrogens with one attached hydrogen (secondary N) is 1. The minimum absolute atomic E-state index is 0.0793. The zero-order valence-corrected chi connectivity index (χ0v) is 13.0. The molecule has 3 N–H and O–H groups in total. The lowest BCUT2D eigenvalue weighted by molar-refractivity contribution is 0.234. The molecule has 3 atom stereocenters. The molecule has 1 heterocycles. The van der Waals surface area contributed by atoms with Crippen LogP contribution in [0.5, 0.6) is 5.88 Å². The van der Waals surface area contributed by atoms with Crippen LogP contribution in [0, 0.1) is 11.8 Å². The highest BCUT2D eigenvalue weighted by Gasteiger charge is 2.24. The number of ether oxygens (including phenoxy) is 1. The maximum atomic E-state index is 5.90. The van der Waals surface area contributed by atoms with Crippen molar-refractivity contribution >= 4 is 11.5 Å². The van der Waals surface area contributed by atoms with Gasteiger partial charge in [0.2, 0.25) is 5.88 Å². The van der Waals surface area contributed by atoms with Crippen molar-refractivity contribution in [3.63, 3.8) is 0 Å². The third-order valence-electron chi connectivity index (χ3n) is 4.19. The summed E-state index contributed by atoms with van der Waals surface area (Å²) in [6, 6.07) is 4.30. The van der Waals surface area contributed by atoms with Gasteiger partial charge in [-0.05, 0) is 57.1 Å². The lowest BCUT2D eigenvalue weighted by Crippen LogP contribution is -2.30. The largest absolute Gasteiger partial charge is 0.473 e. The van der Waals surface area contributed by atoms with E-state index in [4.69, 9.17) is 10.5 Å². The lowest BCUT2D eigenvalue weighted by atomic mass is 9.79. The molecule has 1 saturated carbocycles. The minimum Gasteiger partial charge on any atom is -0.473 e. The molecule has 1 aromatic heterocycles. The van der Waals surface area contributed by atoms with Gasteiger partial charge in [-0.15, -0.1) is 0 Å². The number of anilines is 2. The smallest absolute Gasteiger partial charge is 0.239 e. The van der Waals surface area contributed by atoms with Crippen molar-refractivity contribution in [2.45, 2.75) is 59.1 Å². The summed E-state index contributed by atoms with van der Waals surface area (Å²) in [6.45, 7) is 8.63. The second-order valence-corrected chi connectivity index (χ2v) is 6.37. The van der Waals surface area contributed by atoms with Crippen LogP contribution in [0.2, 0.25) is 0 Å². The average Bonchev–Trinajstić information content (AvgIpc) is 2.37. The fourth-order valence-corrected chi connectivity index (χ4v) is 2.74. The van der Waals surface area contributed by atoms with Crippen LogP contribution < -0.4 is 15.8 Å². The second kappa shape index (κ2) is 6.33. The van der Waals surface area contributed by atoms with E-state index < -0.39 is 0 Å². The Balaban J connectivity index is 2.02. The van der Waals surface area contributed by atoms with Gasteiger partial charge < -0.3 is 15.8 Å². The van der Waals surface area contributed by atoms with Gasteiger partial charge in [0.05, 0.1) is 11.8 Å². The topological polar surface area (TPSA) is 60.2 Å². The van der Waals surface area contributed by atoms with E-state index in [1.165, 1.54) is 19.3 Å². The van der Waals surface area contributed by atoms with Gasteiger partial charge in [0.1, 0.15) is 5.82 Å². The molecule has 0 amide bonds. The summed E-state index contributed by atoms with van der Waals surface area (Å²) in [5.74, 6) is 2.98. The molecule has 4 heteroatoms. The van der Waals surface area contributed by atoms with Crippen LogP contribution in [0.1, 0.15) is 47.0 Å². The van der Waals surface area contributed by atoms with Crippen molar-refractivity contribution in [2.75, 3.05) is 11.1 Å². The number of nitrogen functional groups attached to an aromatic ring is 1. The Morgan fingerprint density at radius 3 is 2.65 bits per heavy atom. The highest BCUT2D eigenvalue weighted by atomic mass is 16.5. The van der Waals surface area contributed by atoms with Crippen molar-refractivity contribution in [1.82, 2.24) is 4.98 Å². The maximum Gasteiger partial charge on any atom is 0.239 e. The standard InChI is InChI=1S/C16H27N3O/c1-10(2)20-16-14(17)7-8-15(19-16)18-13-6-5-11(3)12(4)9-13/h7-8,10-13H,5-6,9,17H2,1-4H3,(H,18,19). The van der Waals surface area contributed by atoms with Crippen LogP contribution in [-0.4, -0.2) is 17.1 Å². The molecule has 0 radical (unpaired) electrons. The molecule has 0 aliphatic heterocycles. The second-order valence-electron chi connectivity index (χ2n) is 6.37. The molecule has 0 spiro atoms. The Bertz CT molecular complexity index is 447.